The van der Waals surface area contributed by atoms with Crippen molar-refractivity contribution in [2.75, 3.05) is 11.9 Å². The molecule has 5 nitrogen and oxygen atoms in total. The fraction of sp³-hybridized carbons (Fsp3) is 0.250. The number of alkyl halides is 1. The molecule has 0 aliphatic heterocycles. The van der Waals surface area contributed by atoms with Gasteiger partial charge in [-0.15, -0.1) is 0 Å². The van der Waals surface area contributed by atoms with Gasteiger partial charge in [-0.05, 0) is 24.6 Å². The molecule has 1 aromatic heterocycles. The summed E-state index contributed by atoms with van der Waals surface area (Å²) in [5.74, 6) is 0.629. The van der Waals surface area contributed by atoms with Crippen LogP contribution in [0, 0.1) is 10.1 Å². The molecule has 0 spiro atoms. The van der Waals surface area contributed by atoms with Crippen LogP contribution in [-0.2, 0) is 0 Å². The van der Waals surface area contributed by atoms with Crippen LogP contribution in [0.4, 0.5) is 5.69 Å². The lowest BCUT2D eigenvalue weighted by Crippen LogP contribution is -1.99. The first-order chi connectivity index (χ1) is 8.74. The number of nitro benzene ring substituents is 1. The Hall–Kier alpha value is -1.69. The normalized spacial score (nSPS) is 10.5. The summed E-state index contributed by atoms with van der Waals surface area (Å²) in [5, 5.41) is 12.4. The van der Waals surface area contributed by atoms with Gasteiger partial charge in [-0.2, -0.15) is 0 Å². The van der Waals surface area contributed by atoms with Crippen molar-refractivity contribution in [3.05, 3.63) is 40.6 Å². The molecule has 0 fully saturated rings. The molecule has 0 bridgehead atoms. The van der Waals surface area contributed by atoms with Gasteiger partial charge in [0.15, 0.2) is 5.52 Å². The number of hydrogen-bond acceptors (Lipinski definition) is 4. The Bertz CT molecular complexity index is 574. The molecule has 0 saturated heterocycles. The number of rotatable bonds is 5. The van der Waals surface area contributed by atoms with Crippen LogP contribution >= 0.6 is 15.9 Å². The Morgan fingerprint density at radius 2 is 2.22 bits per heavy atom. The summed E-state index contributed by atoms with van der Waals surface area (Å²) >= 11 is 3.32. The first-order valence-electron chi connectivity index (χ1n) is 5.45. The first-order valence-corrected chi connectivity index (χ1v) is 6.57. The van der Waals surface area contributed by atoms with E-state index >= 15 is 0 Å². The van der Waals surface area contributed by atoms with Crippen molar-refractivity contribution in [1.29, 1.82) is 0 Å². The zero-order chi connectivity index (χ0) is 13.0. The van der Waals surface area contributed by atoms with E-state index in [2.05, 4.69) is 20.9 Å². The van der Waals surface area contributed by atoms with Gasteiger partial charge >= 0.3 is 0 Å². The van der Waals surface area contributed by atoms with E-state index < -0.39 is 4.92 Å². The summed E-state index contributed by atoms with van der Waals surface area (Å²) in [6.45, 7) is 0.563. The van der Waals surface area contributed by atoms with Crippen LogP contribution in [0.15, 0.2) is 30.5 Å². The molecule has 0 N–H and O–H groups in total. The minimum absolute atomic E-state index is 0.00144. The van der Waals surface area contributed by atoms with Crippen molar-refractivity contribution < 1.29 is 9.66 Å². The van der Waals surface area contributed by atoms with Gasteiger partial charge in [0.2, 0.25) is 0 Å². The van der Waals surface area contributed by atoms with E-state index in [1.807, 2.05) is 0 Å². The topological polar surface area (TPSA) is 65.3 Å². The molecule has 0 aliphatic rings. The van der Waals surface area contributed by atoms with Crippen LogP contribution < -0.4 is 4.74 Å². The molecule has 0 saturated carbocycles. The van der Waals surface area contributed by atoms with E-state index in [0.717, 1.165) is 11.8 Å². The van der Waals surface area contributed by atoms with Crippen LogP contribution in [0.1, 0.15) is 6.42 Å². The Morgan fingerprint density at radius 1 is 1.39 bits per heavy atom. The summed E-state index contributed by atoms with van der Waals surface area (Å²) < 4.78 is 5.60. The largest absolute Gasteiger partial charge is 0.493 e. The van der Waals surface area contributed by atoms with Gasteiger partial charge in [0.1, 0.15) is 5.75 Å². The molecule has 18 heavy (non-hydrogen) atoms. The lowest BCUT2D eigenvalue weighted by atomic mass is 10.1. The molecule has 94 valence electrons. The Labute approximate surface area is 112 Å². The SMILES string of the molecule is O=[N+]([O-])c1ccc(OCCCBr)c2cccnc12. The molecule has 6 heteroatoms. The summed E-state index contributed by atoms with van der Waals surface area (Å²) in [5.41, 5.74) is 0.359. The van der Waals surface area contributed by atoms with Gasteiger partial charge in [0.05, 0.1) is 11.5 Å². The van der Waals surface area contributed by atoms with Gasteiger partial charge < -0.3 is 4.74 Å². The Balaban J connectivity index is 2.44. The van der Waals surface area contributed by atoms with E-state index in [-0.39, 0.29) is 5.69 Å². The molecular formula is C12H11BrN2O3. The lowest BCUT2D eigenvalue weighted by molar-refractivity contribution is -0.383. The number of halogens is 1. The van der Waals surface area contributed by atoms with Gasteiger partial charge in [-0.25, -0.2) is 4.98 Å². The highest BCUT2D eigenvalue weighted by Crippen LogP contribution is 2.31. The molecule has 0 aliphatic carbocycles. The summed E-state index contributed by atoms with van der Waals surface area (Å²) in [6.07, 6.45) is 2.41. The predicted molar refractivity (Wildman–Crippen MR) is 72.3 cm³/mol. The number of non-ortho nitro benzene ring substituents is 1. The molecule has 2 aromatic rings. The van der Waals surface area contributed by atoms with Gasteiger partial charge in [0.25, 0.3) is 5.69 Å². The number of ether oxygens (including phenoxy) is 1. The lowest BCUT2D eigenvalue weighted by Gasteiger charge is -2.08. The molecule has 0 atom stereocenters. The third-order valence-electron chi connectivity index (χ3n) is 2.44. The Morgan fingerprint density at radius 3 is 2.94 bits per heavy atom. The second-order valence-corrected chi connectivity index (χ2v) is 4.42. The van der Waals surface area contributed by atoms with Gasteiger partial charge in [-0.1, -0.05) is 15.9 Å². The van der Waals surface area contributed by atoms with Gasteiger partial charge in [0, 0.05) is 23.0 Å². The van der Waals surface area contributed by atoms with Crippen molar-refractivity contribution in [3.8, 4) is 5.75 Å². The predicted octanol–water partition coefficient (Wildman–Crippen LogP) is 3.31. The van der Waals surface area contributed by atoms with Crippen molar-refractivity contribution in [2.24, 2.45) is 0 Å². The van der Waals surface area contributed by atoms with Crippen LogP contribution in [0.2, 0.25) is 0 Å². The van der Waals surface area contributed by atoms with Crippen LogP contribution in [0.3, 0.4) is 0 Å². The zero-order valence-electron chi connectivity index (χ0n) is 9.51. The van der Waals surface area contributed by atoms with Crippen LogP contribution in [0.5, 0.6) is 5.75 Å². The number of fused-ring (bicyclic) bond motifs is 1. The second kappa shape index (κ2) is 5.77. The van der Waals surface area contributed by atoms with Gasteiger partial charge in [-0.3, -0.25) is 10.1 Å². The molecule has 0 unspecified atom stereocenters. The number of aromatic nitrogens is 1. The van der Waals surface area contributed by atoms with Crippen molar-refractivity contribution >= 4 is 32.5 Å². The number of nitro groups is 1. The quantitative estimate of drug-likeness (QED) is 0.368. The highest BCUT2D eigenvalue weighted by molar-refractivity contribution is 9.09. The minimum atomic E-state index is -0.433. The number of benzene rings is 1. The van der Waals surface area contributed by atoms with Crippen LogP contribution in [0.25, 0.3) is 10.9 Å². The highest BCUT2D eigenvalue weighted by Gasteiger charge is 2.15. The van der Waals surface area contributed by atoms with E-state index in [1.165, 1.54) is 12.3 Å². The highest BCUT2D eigenvalue weighted by atomic mass is 79.9. The zero-order valence-corrected chi connectivity index (χ0v) is 11.1. The fourth-order valence-corrected chi connectivity index (χ4v) is 1.87. The molecular weight excluding hydrogens is 300 g/mol. The summed E-state index contributed by atoms with van der Waals surface area (Å²) in [4.78, 5) is 14.5. The van der Waals surface area contributed by atoms with Crippen molar-refractivity contribution in [3.63, 3.8) is 0 Å². The maximum absolute atomic E-state index is 10.9. The molecule has 0 radical (unpaired) electrons. The standard InChI is InChI=1S/C12H11BrN2O3/c13-6-2-8-18-11-5-4-10(15(16)17)12-9(11)3-1-7-14-12/h1,3-5,7H,2,6,8H2. The minimum Gasteiger partial charge on any atom is -0.493 e. The summed E-state index contributed by atoms with van der Waals surface area (Å²) in [7, 11) is 0. The molecule has 1 aromatic carbocycles. The van der Waals surface area contributed by atoms with E-state index in [4.69, 9.17) is 4.74 Å². The second-order valence-electron chi connectivity index (χ2n) is 3.63. The maximum Gasteiger partial charge on any atom is 0.295 e. The first kappa shape index (κ1) is 12.8. The maximum atomic E-state index is 10.9. The van der Waals surface area contributed by atoms with Crippen molar-refractivity contribution in [2.45, 2.75) is 6.42 Å². The number of hydrogen-bond donors (Lipinski definition) is 0. The monoisotopic (exact) mass is 310 g/mol. The number of pyridine rings is 1. The third kappa shape index (κ3) is 2.59. The van der Waals surface area contributed by atoms with E-state index in [0.29, 0.717) is 23.3 Å². The molecule has 0 amide bonds. The molecule has 2 rings (SSSR count). The van der Waals surface area contributed by atoms with Crippen molar-refractivity contribution in [1.82, 2.24) is 4.98 Å². The van der Waals surface area contributed by atoms with Crippen LogP contribution in [-0.4, -0.2) is 21.8 Å². The fourth-order valence-electron chi connectivity index (χ4n) is 1.64. The molecule has 1 heterocycles. The third-order valence-corrected chi connectivity index (χ3v) is 3.00. The average molecular weight is 311 g/mol. The number of nitrogens with zero attached hydrogens (tertiary/aromatic N) is 2. The Kier molecular flexibility index (Phi) is 4.09. The average Bonchev–Trinajstić information content (AvgIpc) is 2.38. The summed E-state index contributed by atoms with van der Waals surface area (Å²) in [6, 6.07) is 6.57. The van der Waals surface area contributed by atoms with E-state index in [9.17, 15) is 10.1 Å². The van der Waals surface area contributed by atoms with E-state index in [1.54, 1.807) is 18.2 Å². The smallest absolute Gasteiger partial charge is 0.295 e.